The van der Waals surface area contributed by atoms with Gasteiger partial charge in [0, 0.05) is 38.7 Å². The van der Waals surface area contributed by atoms with Crippen molar-refractivity contribution >= 4 is 11.8 Å². The van der Waals surface area contributed by atoms with Crippen molar-refractivity contribution in [1.82, 2.24) is 20.0 Å². The molecule has 1 N–H and O–H groups in total. The molecule has 126 valence electrons. The van der Waals surface area contributed by atoms with Gasteiger partial charge in [0.25, 0.3) is 11.5 Å². The molecule has 2 rings (SSSR count). The highest BCUT2D eigenvalue weighted by Crippen LogP contribution is 2.09. The van der Waals surface area contributed by atoms with Crippen LogP contribution in [0.5, 0.6) is 0 Å². The molecule has 1 aliphatic rings. The van der Waals surface area contributed by atoms with Gasteiger partial charge in [0.2, 0.25) is 5.91 Å². The van der Waals surface area contributed by atoms with Gasteiger partial charge in [-0.15, -0.1) is 0 Å². The van der Waals surface area contributed by atoms with E-state index in [0.29, 0.717) is 32.5 Å². The third-order valence-corrected chi connectivity index (χ3v) is 3.88. The fraction of sp³-hybridized carbons (Fsp3) is 0.625. The van der Waals surface area contributed by atoms with Gasteiger partial charge < -0.3 is 10.2 Å². The van der Waals surface area contributed by atoms with Crippen LogP contribution >= 0.6 is 0 Å². The third kappa shape index (κ3) is 4.91. The average Bonchev–Trinajstić information content (AvgIpc) is 2.95. The van der Waals surface area contributed by atoms with Crippen molar-refractivity contribution in [2.75, 3.05) is 19.6 Å². The molecule has 0 bridgehead atoms. The second kappa shape index (κ2) is 8.45. The van der Waals surface area contributed by atoms with Gasteiger partial charge in [0.1, 0.15) is 5.69 Å². The first-order valence-corrected chi connectivity index (χ1v) is 8.26. The van der Waals surface area contributed by atoms with Crippen LogP contribution in [0.15, 0.2) is 16.9 Å². The maximum atomic E-state index is 12.1. The summed E-state index contributed by atoms with van der Waals surface area (Å²) < 4.78 is 1.33. The highest BCUT2D eigenvalue weighted by molar-refractivity contribution is 5.91. The van der Waals surface area contributed by atoms with Gasteiger partial charge in [-0.25, -0.2) is 4.68 Å². The minimum atomic E-state index is -0.289. The topological polar surface area (TPSA) is 84.3 Å². The molecule has 0 atom stereocenters. The summed E-state index contributed by atoms with van der Waals surface area (Å²) in [6.07, 6.45) is 4.08. The molecular weight excluding hydrogens is 296 g/mol. The van der Waals surface area contributed by atoms with Crippen LogP contribution in [0.25, 0.3) is 0 Å². The Bertz CT molecular complexity index is 612. The zero-order valence-corrected chi connectivity index (χ0v) is 13.6. The van der Waals surface area contributed by atoms with E-state index in [1.54, 1.807) is 0 Å². The van der Waals surface area contributed by atoms with E-state index in [9.17, 15) is 14.4 Å². The molecule has 2 heterocycles. The van der Waals surface area contributed by atoms with E-state index in [-0.39, 0.29) is 23.1 Å². The van der Waals surface area contributed by atoms with Crippen molar-refractivity contribution in [1.29, 1.82) is 0 Å². The van der Waals surface area contributed by atoms with Gasteiger partial charge in [-0.1, -0.05) is 13.3 Å². The van der Waals surface area contributed by atoms with Gasteiger partial charge in [0.15, 0.2) is 0 Å². The number of carbonyl (C=O) groups is 2. The van der Waals surface area contributed by atoms with Crippen LogP contribution < -0.4 is 10.9 Å². The van der Waals surface area contributed by atoms with Crippen LogP contribution in [-0.2, 0) is 11.3 Å². The number of aromatic nitrogens is 2. The van der Waals surface area contributed by atoms with E-state index in [4.69, 9.17) is 0 Å². The predicted molar refractivity (Wildman–Crippen MR) is 86.2 cm³/mol. The van der Waals surface area contributed by atoms with Crippen LogP contribution in [0.3, 0.4) is 0 Å². The second-order valence-corrected chi connectivity index (χ2v) is 5.73. The second-order valence-electron chi connectivity index (χ2n) is 5.73. The number of hydrogen-bond acceptors (Lipinski definition) is 4. The first-order valence-electron chi connectivity index (χ1n) is 8.26. The minimum Gasteiger partial charge on any atom is -0.351 e. The number of likely N-dealkylation sites (tertiary alicyclic amines) is 1. The first kappa shape index (κ1) is 17.2. The standard InChI is InChI=1S/C16H24N4O3/c1-2-3-12-20-15(22)8-7-13(18-20)16(23)17-9-5-11-19-10-4-6-14(19)21/h7-8H,2-6,9-12H2,1H3,(H,17,23). The molecule has 0 aromatic carbocycles. The summed E-state index contributed by atoms with van der Waals surface area (Å²) in [5.41, 5.74) is 0.0560. The van der Waals surface area contributed by atoms with Crippen LogP contribution in [0.4, 0.5) is 0 Å². The smallest absolute Gasteiger partial charge is 0.271 e. The molecule has 0 radical (unpaired) electrons. The summed E-state index contributed by atoms with van der Waals surface area (Å²) in [4.78, 5) is 37.0. The number of nitrogens with one attached hydrogen (secondary N) is 1. The Morgan fingerprint density at radius 2 is 2.09 bits per heavy atom. The Kier molecular flexibility index (Phi) is 6.31. The van der Waals surface area contributed by atoms with Gasteiger partial charge in [-0.05, 0) is 25.3 Å². The maximum absolute atomic E-state index is 12.1. The van der Waals surface area contributed by atoms with Crippen LogP contribution in [-0.4, -0.2) is 46.1 Å². The molecule has 7 nitrogen and oxygen atoms in total. The van der Waals surface area contributed by atoms with Gasteiger partial charge in [-0.3, -0.25) is 14.4 Å². The number of nitrogens with zero attached hydrogens (tertiary/aromatic N) is 3. The quantitative estimate of drug-likeness (QED) is 0.718. The molecule has 2 amide bonds. The molecule has 0 unspecified atom stereocenters. The fourth-order valence-corrected chi connectivity index (χ4v) is 2.54. The fourth-order valence-electron chi connectivity index (χ4n) is 2.54. The van der Waals surface area contributed by atoms with Crippen LogP contribution in [0, 0.1) is 0 Å². The molecule has 7 heteroatoms. The molecule has 1 aliphatic heterocycles. The number of hydrogen-bond donors (Lipinski definition) is 1. The average molecular weight is 320 g/mol. The highest BCUT2D eigenvalue weighted by atomic mass is 16.2. The Labute approximate surface area is 135 Å². The van der Waals surface area contributed by atoms with E-state index in [1.165, 1.54) is 16.8 Å². The Balaban J connectivity index is 1.80. The van der Waals surface area contributed by atoms with Crippen LogP contribution in [0.2, 0.25) is 0 Å². The predicted octanol–water partition coefficient (Wildman–Crippen LogP) is 0.786. The van der Waals surface area contributed by atoms with Crippen molar-refractivity contribution in [3.63, 3.8) is 0 Å². The normalized spacial score (nSPS) is 14.3. The number of amides is 2. The number of aryl methyl sites for hydroxylation is 1. The summed E-state index contributed by atoms with van der Waals surface area (Å²) >= 11 is 0. The van der Waals surface area contributed by atoms with Crippen molar-refractivity contribution in [2.45, 2.75) is 45.6 Å². The summed E-state index contributed by atoms with van der Waals surface area (Å²) in [5.74, 6) is -0.0935. The van der Waals surface area contributed by atoms with Crippen molar-refractivity contribution in [3.8, 4) is 0 Å². The van der Waals surface area contributed by atoms with E-state index < -0.39 is 0 Å². The summed E-state index contributed by atoms with van der Waals surface area (Å²) in [6, 6.07) is 2.82. The lowest BCUT2D eigenvalue weighted by Gasteiger charge is -2.15. The lowest BCUT2D eigenvalue weighted by Crippen LogP contribution is -2.32. The van der Waals surface area contributed by atoms with Crippen molar-refractivity contribution in [3.05, 3.63) is 28.2 Å². The lowest BCUT2D eigenvalue weighted by atomic mass is 10.3. The zero-order chi connectivity index (χ0) is 16.7. The maximum Gasteiger partial charge on any atom is 0.271 e. The zero-order valence-electron chi connectivity index (χ0n) is 13.6. The SMILES string of the molecule is CCCCn1nc(C(=O)NCCCN2CCCC2=O)ccc1=O. The molecule has 0 saturated carbocycles. The Morgan fingerprint density at radius 1 is 1.26 bits per heavy atom. The summed E-state index contributed by atoms with van der Waals surface area (Å²) in [6.45, 7) is 4.53. The van der Waals surface area contributed by atoms with E-state index in [0.717, 1.165) is 25.8 Å². The molecular formula is C16H24N4O3. The van der Waals surface area contributed by atoms with E-state index >= 15 is 0 Å². The van der Waals surface area contributed by atoms with Crippen molar-refractivity contribution in [2.24, 2.45) is 0 Å². The van der Waals surface area contributed by atoms with Crippen molar-refractivity contribution < 1.29 is 9.59 Å². The monoisotopic (exact) mass is 320 g/mol. The minimum absolute atomic E-state index is 0.192. The van der Waals surface area contributed by atoms with Gasteiger partial charge in [-0.2, -0.15) is 5.10 Å². The summed E-state index contributed by atoms with van der Waals surface area (Å²) in [7, 11) is 0. The van der Waals surface area contributed by atoms with E-state index in [1.807, 2.05) is 11.8 Å². The van der Waals surface area contributed by atoms with Gasteiger partial charge in [0.05, 0.1) is 0 Å². The molecule has 1 saturated heterocycles. The lowest BCUT2D eigenvalue weighted by molar-refractivity contribution is -0.127. The molecule has 0 spiro atoms. The molecule has 23 heavy (non-hydrogen) atoms. The first-order chi connectivity index (χ1) is 11.1. The highest BCUT2D eigenvalue weighted by Gasteiger charge is 2.19. The third-order valence-electron chi connectivity index (χ3n) is 3.88. The summed E-state index contributed by atoms with van der Waals surface area (Å²) in [5, 5.41) is 6.89. The number of carbonyl (C=O) groups excluding carboxylic acids is 2. The largest absolute Gasteiger partial charge is 0.351 e. The molecule has 0 aliphatic carbocycles. The molecule has 1 aromatic heterocycles. The number of rotatable bonds is 8. The molecule has 1 aromatic rings. The van der Waals surface area contributed by atoms with E-state index in [2.05, 4.69) is 10.4 Å². The number of unbranched alkanes of at least 4 members (excludes halogenated alkanes) is 1. The molecule has 1 fully saturated rings. The Morgan fingerprint density at radius 3 is 2.78 bits per heavy atom. The Hall–Kier alpha value is -2.18. The van der Waals surface area contributed by atoms with Crippen LogP contribution in [0.1, 0.15) is 49.5 Å². The van der Waals surface area contributed by atoms with Gasteiger partial charge >= 0.3 is 0 Å².